The first-order valence-corrected chi connectivity index (χ1v) is 11.6. The first-order chi connectivity index (χ1) is 14.9. The summed E-state index contributed by atoms with van der Waals surface area (Å²) < 4.78 is 1.03. The Balaban J connectivity index is 1.81. The molecule has 4 nitrogen and oxygen atoms in total. The van der Waals surface area contributed by atoms with Gasteiger partial charge in [0.2, 0.25) is 11.8 Å². The molecule has 0 aliphatic carbocycles. The fourth-order valence-electron chi connectivity index (χ4n) is 4.98. The third-order valence-corrected chi connectivity index (χ3v) is 7.33. The Morgan fingerprint density at radius 3 is 2.42 bits per heavy atom. The predicted octanol–water partition coefficient (Wildman–Crippen LogP) is 5.83. The molecule has 2 aliphatic rings. The van der Waals surface area contributed by atoms with Crippen LogP contribution in [0.5, 0.6) is 0 Å². The third kappa shape index (κ3) is 3.34. The second-order valence-corrected chi connectivity index (χ2v) is 10.00. The number of rotatable bonds is 2. The van der Waals surface area contributed by atoms with Crippen LogP contribution in [0.25, 0.3) is 0 Å². The smallest absolute Gasteiger partial charge is 0.238 e. The molecule has 3 unspecified atom stereocenters. The number of hydrogen-bond acceptors (Lipinski definition) is 2. The summed E-state index contributed by atoms with van der Waals surface area (Å²) in [4.78, 5) is 26.7. The minimum Gasteiger partial charge on any atom is -0.348 e. The van der Waals surface area contributed by atoms with Crippen LogP contribution >= 0.6 is 45.8 Å². The van der Waals surface area contributed by atoms with Gasteiger partial charge in [-0.05, 0) is 75.7 Å². The van der Waals surface area contributed by atoms with Gasteiger partial charge in [-0.2, -0.15) is 0 Å². The number of fused-ring (bicyclic) bond motifs is 2. The van der Waals surface area contributed by atoms with Gasteiger partial charge >= 0.3 is 0 Å². The van der Waals surface area contributed by atoms with E-state index in [1.807, 2.05) is 48.5 Å². The number of piperidine rings is 1. The number of anilines is 1. The van der Waals surface area contributed by atoms with Crippen molar-refractivity contribution in [2.75, 3.05) is 5.32 Å². The molecule has 2 N–H and O–H groups in total. The summed E-state index contributed by atoms with van der Waals surface area (Å²) in [6.07, 6.45) is 0.177. The zero-order valence-corrected chi connectivity index (χ0v) is 19.8. The number of carbonyl (C=O) groups is 2. The lowest BCUT2D eigenvalue weighted by molar-refractivity contribution is -0.131. The second kappa shape index (κ2) is 7.80. The first kappa shape index (κ1) is 20.8. The lowest BCUT2D eigenvalue weighted by Gasteiger charge is -2.46. The van der Waals surface area contributed by atoms with E-state index in [1.54, 1.807) is 18.2 Å². The van der Waals surface area contributed by atoms with Gasteiger partial charge in [0.1, 0.15) is 5.41 Å². The van der Waals surface area contributed by atoms with Crippen LogP contribution in [0.2, 0.25) is 10.0 Å². The summed E-state index contributed by atoms with van der Waals surface area (Å²) in [7, 11) is 0. The standard InChI is InChI=1S/C24H17Cl2IN2O2/c25-15-5-1-3-13(9-15)19-12-21(30)29-22(14-4-2-6-17(27)10-14)24(19)18-8-7-16(26)11-20(18)28-23(24)31/h1-11,19,22H,12H2,(H,28,31)(H,29,30). The van der Waals surface area contributed by atoms with Crippen molar-refractivity contribution in [3.05, 3.63) is 97.0 Å². The van der Waals surface area contributed by atoms with E-state index < -0.39 is 17.4 Å². The minimum atomic E-state index is -1.04. The Morgan fingerprint density at radius 1 is 0.903 bits per heavy atom. The van der Waals surface area contributed by atoms with Crippen LogP contribution in [0.1, 0.15) is 35.1 Å². The normalized spacial score (nSPS) is 24.6. The highest BCUT2D eigenvalue weighted by atomic mass is 127. The van der Waals surface area contributed by atoms with E-state index >= 15 is 0 Å². The van der Waals surface area contributed by atoms with Crippen LogP contribution in [-0.2, 0) is 15.0 Å². The number of amides is 2. The minimum absolute atomic E-state index is 0.102. The zero-order valence-electron chi connectivity index (χ0n) is 16.2. The van der Waals surface area contributed by atoms with Crippen molar-refractivity contribution in [2.45, 2.75) is 23.8 Å². The van der Waals surface area contributed by atoms with Crippen LogP contribution in [0.15, 0.2) is 66.7 Å². The number of halogens is 3. The van der Waals surface area contributed by atoms with Gasteiger partial charge in [-0.3, -0.25) is 9.59 Å². The Bertz CT molecular complexity index is 1170. The first-order valence-electron chi connectivity index (χ1n) is 9.81. The Morgan fingerprint density at radius 2 is 1.65 bits per heavy atom. The Labute approximate surface area is 203 Å². The molecule has 0 saturated carbocycles. The molecule has 31 heavy (non-hydrogen) atoms. The number of carbonyl (C=O) groups excluding carboxylic acids is 2. The summed E-state index contributed by atoms with van der Waals surface area (Å²) in [5.74, 6) is -0.654. The molecule has 0 bridgehead atoms. The van der Waals surface area contributed by atoms with Gasteiger partial charge in [0, 0.05) is 31.6 Å². The molecule has 3 aromatic rings. The van der Waals surface area contributed by atoms with Gasteiger partial charge in [-0.1, -0.05) is 53.5 Å². The molecule has 156 valence electrons. The molecular weight excluding hydrogens is 546 g/mol. The largest absolute Gasteiger partial charge is 0.348 e. The number of hydrogen-bond donors (Lipinski definition) is 2. The van der Waals surface area contributed by atoms with Gasteiger partial charge < -0.3 is 10.6 Å². The molecule has 0 aromatic heterocycles. The van der Waals surface area contributed by atoms with E-state index in [9.17, 15) is 9.59 Å². The quantitative estimate of drug-likeness (QED) is 0.386. The van der Waals surface area contributed by atoms with Crippen LogP contribution in [0.4, 0.5) is 5.69 Å². The highest BCUT2D eigenvalue weighted by Gasteiger charge is 2.61. The van der Waals surface area contributed by atoms with Gasteiger partial charge in [0.25, 0.3) is 0 Å². The lowest BCUT2D eigenvalue weighted by atomic mass is 9.59. The fraction of sp³-hybridized carbons (Fsp3) is 0.167. The van der Waals surface area contributed by atoms with Gasteiger partial charge in [-0.15, -0.1) is 0 Å². The summed E-state index contributed by atoms with van der Waals surface area (Å²) >= 11 is 14.8. The molecule has 3 aromatic carbocycles. The Kier molecular flexibility index (Phi) is 5.23. The molecule has 1 saturated heterocycles. The lowest BCUT2D eigenvalue weighted by Crippen LogP contribution is -2.56. The van der Waals surface area contributed by atoms with Crippen molar-refractivity contribution in [3.8, 4) is 0 Å². The van der Waals surface area contributed by atoms with Crippen molar-refractivity contribution in [2.24, 2.45) is 0 Å². The maximum atomic E-state index is 13.8. The molecular formula is C24H17Cl2IN2O2. The fourth-order valence-corrected chi connectivity index (χ4v) is 5.92. The zero-order chi connectivity index (χ0) is 21.8. The van der Waals surface area contributed by atoms with Crippen LogP contribution in [0, 0.1) is 3.57 Å². The molecule has 5 rings (SSSR count). The second-order valence-electron chi connectivity index (χ2n) is 7.88. The van der Waals surface area contributed by atoms with Crippen molar-refractivity contribution >= 4 is 63.3 Å². The highest BCUT2D eigenvalue weighted by Crippen LogP contribution is 2.57. The average Bonchev–Trinajstić information content (AvgIpc) is 3.01. The monoisotopic (exact) mass is 562 g/mol. The molecule has 2 aliphatic heterocycles. The van der Waals surface area contributed by atoms with Gasteiger partial charge in [0.05, 0.1) is 6.04 Å². The summed E-state index contributed by atoms with van der Waals surface area (Å²) in [6, 6.07) is 20.2. The predicted molar refractivity (Wildman–Crippen MR) is 131 cm³/mol. The molecule has 3 atom stereocenters. The molecule has 2 heterocycles. The van der Waals surface area contributed by atoms with Crippen LogP contribution < -0.4 is 10.6 Å². The topological polar surface area (TPSA) is 58.2 Å². The summed E-state index contributed by atoms with van der Waals surface area (Å²) in [5.41, 5.74) is 2.20. The van der Waals surface area contributed by atoms with Gasteiger partial charge in [0.15, 0.2) is 0 Å². The molecule has 0 radical (unpaired) electrons. The van der Waals surface area contributed by atoms with Crippen molar-refractivity contribution in [3.63, 3.8) is 0 Å². The number of benzene rings is 3. The molecule has 7 heteroatoms. The molecule has 2 amide bonds. The number of nitrogens with one attached hydrogen (secondary N) is 2. The third-order valence-electron chi connectivity index (χ3n) is 6.18. The van der Waals surface area contributed by atoms with E-state index in [0.29, 0.717) is 15.7 Å². The van der Waals surface area contributed by atoms with Crippen molar-refractivity contribution in [1.82, 2.24) is 5.32 Å². The molecule has 1 spiro atoms. The highest BCUT2D eigenvalue weighted by molar-refractivity contribution is 14.1. The van der Waals surface area contributed by atoms with E-state index in [-0.39, 0.29) is 18.2 Å². The average molecular weight is 563 g/mol. The van der Waals surface area contributed by atoms with Crippen LogP contribution in [-0.4, -0.2) is 11.8 Å². The van der Waals surface area contributed by atoms with Crippen molar-refractivity contribution in [1.29, 1.82) is 0 Å². The summed E-state index contributed by atoms with van der Waals surface area (Å²) in [5, 5.41) is 7.27. The SMILES string of the molecule is O=C1CC(c2cccc(Cl)c2)C2(C(=O)Nc3cc(Cl)ccc32)C(c2cccc(I)c2)N1. The van der Waals surface area contributed by atoms with E-state index in [2.05, 4.69) is 33.2 Å². The van der Waals surface area contributed by atoms with E-state index in [0.717, 1.165) is 20.3 Å². The van der Waals surface area contributed by atoms with E-state index in [4.69, 9.17) is 23.2 Å². The molecule has 1 fully saturated rings. The van der Waals surface area contributed by atoms with Crippen LogP contribution in [0.3, 0.4) is 0 Å². The Hall–Kier alpha value is -2.09. The van der Waals surface area contributed by atoms with Crippen molar-refractivity contribution < 1.29 is 9.59 Å². The maximum Gasteiger partial charge on any atom is 0.238 e. The van der Waals surface area contributed by atoms with E-state index in [1.165, 1.54) is 0 Å². The maximum absolute atomic E-state index is 13.8. The summed E-state index contributed by atoms with van der Waals surface area (Å²) in [6.45, 7) is 0. The van der Waals surface area contributed by atoms with Gasteiger partial charge in [-0.25, -0.2) is 0 Å².